The van der Waals surface area contributed by atoms with E-state index in [1.807, 2.05) is 0 Å². The second kappa shape index (κ2) is 5.56. The van der Waals surface area contributed by atoms with Crippen molar-refractivity contribution in [2.45, 2.75) is 37.8 Å². The van der Waals surface area contributed by atoms with Crippen molar-refractivity contribution in [3.05, 3.63) is 0 Å². The SMILES string of the molecule is CN1CC(=O)N(CC(=O)N[C@H]2CCCC[C@@H]2O)C1=O. The van der Waals surface area contributed by atoms with E-state index in [0.29, 0.717) is 6.42 Å². The van der Waals surface area contributed by atoms with Gasteiger partial charge in [-0.25, -0.2) is 4.79 Å². The Hall–Kier alpha value is -1.63. The first-order valence-corrected chi connectivity index (χ1v) is 6.52. The number of nitrogens with one attached hydrogen (secondary N) is 1. The van der Waals surface area contributed by atoms with Crippen molar-refractivity contribution in [2.24, 2.45) is 0 Å². The molecule has 0 unspecified atom stereocenters. The quantitative estimate of drug-likeness (QED) is 0.663. The lowest BCUT2D eigenvalue weighted by molar-refractivity contribution is -0.131. The van der Waals surface area contributed by atoms with Gasteiger partial charge in [-0.1, -0.05) is 12.8 Å². The summed E-state index contributed by atoms with van der Waals surface area (Å²) >= 11 is 0. The first-order chi connectivity index (χ1) is 8.99. The number of hydrogen-bond acceptors (Lipinski definition) is 4. The molecule has 1 aliphatic heterocycles. The Bertz CT molecular complexity index is 398. The van der Waals surface area contributed by atoms with Crippen LogP contribution in [0.15, 0.2) is 0 Å². The van der Waals surface area contributed by atoms with Gasteiger partial charge in [-0.2, -0.15) is 0 Å². The van der Waals surface area contributed by atoms with Crippen LogP contribution < -0.4 is 5.32 Å². The van der Waals surface area contributed by atoms with Crippen LogP contribution in [0.1, 0.15) is 25.7 Å². The average molecular weight is 269 g/mol. The number of rotatable bonds is 3. The maximum atomic E-state index is 11.8. The summed E-state index contributed by atoms with van der Waals surface area (Å²) in [5.74, 6) is -0.769. The van der Waals surface area contributed by atoms with E-state index in [4.69, 9.17) is 0 Å². The van der Waals surface area contributed by atoms with E-state index in [0.717, 1.165) is 24.2 Å². The van der Waals surface area contributed by atoms with Crippen molar-refractivity contribution in [1.82, 2.24) is 15.1 Å². The standard InChI is InChI=1S/C12H19N3O4/c1-14-7-11(18)15(12(14)19)6-10(17)13-8-4-2-3-5-9(8)16/h8-9,16H,2-7H2,1H3,(H,13,17)/t8-,9-/m0/s1. The lowest BCUT2D eigenvalue weighted by Crippen LogP contribution is -2.49. The first-order valence-electron chi connectivity index (χ1n) is 6.52. The molecule has 7 heteroatoms. The van der Waals surface area contributed by atoms with Crippen LogP contribution in [0.5, 0.6) is 0 Å². The zero-order chi connectivity index (χ0) is 14.0. The molecule has 0 spiro atoms. The lowest BCUT2D eigenvalue weighted by atomic mass is 9.92. The fourth-order valence-electron chi connectivity index (χ4n) is 2.50. The Morgan fingerprint density at radius 3 is 2.63 bits per heavy atom. The van der Waals surface area contributed by atoms with Crippen LogP contribution in [0.4, 0.5) is 4.79 Å². The maximum Gasteiger partial charge on any atom is 0.327 e. The lowest BCUT2D eigenvalue weighted by Gasteiger charge is -2.28. The summed E-state index contributed by atoms with van der Waals surface area (Å²) in [7, 11) is 1.52. The highest BCUT2D eigenvalue weighted by molar-refractivity contribution is 6.04. The van der Waals surface area contributed by atoms with Crippen molar-refractivity contribution < 1.29 is 19.5 Å². The molecule has 2 aliphatic rings. The highest BCUT2D eigenvalue weighted by atomic mass is 16.3. The van der Waals surface area contributed by atoms with Gasteiger partial charge in [0.25, 0.3) is 5.91 Å². The molecule has 2 fully saturated rings. The van der Waals surface area contributed by atoms with Gasteiger partial charge in [0.15, 0.2) is 0 Å². The van der Waals surface area contributed by atoms with Gasteiger partial charge in [0, 0.05) is 7.05 Å². The van der Waals surface area contributed by atoms with Crippen LogP contribution in [0.25, 0.3) is 0 Å². The van der Waals surface area contributed by atoms with E-state index in [-0.39, 0.29) is 25.0 Å². The van der Waals surface area contributed by atoms with Crippen LogP contribution in [-0.4, -0.2) is 65.0 Å². The number of nitrogens with zero attached hydrogens (tertiary/aromatic N) is 2. The molecule has 0 radical (unpaired) electrons. The van der Waals surface area contributed by atoms with E-state index in [9.17, 15) is 19.5 Å². The van der Waals surface area contributed by atoms with Crippen LogP contribution in [0.2, 0.25) is 0 Å². The zero-order valence-electron chi connectivity index (χ0n) is 11.0. The van der Waals surface area contributed by atoms with E-state index < -0.39 is 18.0 Å². The van der Waals surface area contributed by atoms with Crippen molar-refractivity contribution in [3.63, 3.8) is 0 Å². The van der Waals surface area contributed by atoms with E-state index in [1.165, 1.54) is 11.9 Å². The van der Waals surface area contributed by atoms with Crippen molar-refractivity contribution in [3.8, 4) is 0 Å². The summed E-state index contributed by atoms with van der Waals surface area (Å²) in [6.45, 7) is -0.261. The number of likely N-dealkylation sites (N-methyl/N-ethyl adjacent to an activating group) is 1. The minimum Gasteiger partial charge on any atom is -0.391 e. The van der Waals surface area contributed by atoms with Crippen LogP contribution in [-0.2, 0) is 9.59 Å². The number of carbonyl (C=O) groups is 3. The predicted molar refractivity (Wildman–Crippen MR) is 66.1 cm³/mol. The smallest absolute Gasteiger partial charge is 0.327 e. The number of imide groups is 1. The molecule has 2 rings (SSSR count). The number of hydrogen-bond donors (Lipinski definition) is 2. The second-order valence-corrected chi connectivity index (χ2v) is 5.14. The van der Waals surface area contributed by atoms with Gasteiger partial charge in [0.05, 0.1) is 12.1 Å². The molecular weight excluding hydrogens is 250 g/mol. The molecule has 0 aromatic rings. The van der Waals surface area contributed by atoms with Crippen LogP contribution in [0, 0.1) is 0 Å². The number of carbonyl (C=O) groups excluding carboxylic acids is 3. The topological polar surface area (TPSA) is 90.0 Å². The normalized spacial score (nSPS) is 27.9. The summed E-state index contributed by atoms with van der Waals surface area (Å²) in [6, 6.07) is -0.726. The Labute approximate surface area is 111 Å². The van der Waals surface area contributed by atoms with E-state index >= 15 is 0 Å². The largest absolute Gasteiger partial charge is 0.391 e. The summed E-state index contributed by atoms with van der Waals surface area (Å²) in [5, 5.41) is 12.5. The van der Waals surface area contributed by atoms with E-state index in [1.54, 1.807) is 0 Å². The molecule has 106 valence electrons. The van der Waals surface area contributed by atoms with Gasteiger partial charge in [-0.15, -0.1) is 0 Å². The summed E-state index contributed by atoms with van der Waals surface area (Å²) in [4.78, 5) is 37.2. The number of aliphatic hydroxyl groups is 1. The minimum atomic E-state index is -0.537. The highest BCUT2D eigenvalue weighted by Crippen LogP contribution is 2.18. The van der Waals surface area contributed by atoms with Gasteiger partial charge < -0.3 is 15.3 Å². The van der Waals surface area contributed by atoms with Crippen LogP contribution in [0.3, 0.4) is 0 Å². The third-order valence-corrected chi connectivity index (χ3v) is 3.61. The molecule has 2 N–H and O–H groups in total. The Morgan fingerprint density at radius 1 is 1.37 bits per heavy atom. The fraction of sp³-hybridized carbons (Fsp3) is 0.750. The van der Waals surface area contributed by atoms with Gasteiger partial charge in [-0.05, 0) is 12.8 Å². The number of amides is 4. The summed E-state index contributed by atoms with van der Waals surface area (Å²) < 4.78 is 0. The van der Waals surface area contributed by atoms with Crippen LogP contribution >= 0.6 is 0 Å². The van der Waals surface area contributed by atoms with Crippen molar-refractivity contribution in [2.75, 3.05) is 20.1 Å². The summed E-state index contributed by atoms with van der Waals surface area (Å²) in [5.41, 5.74) is 0. The number of aliphatic hydroxyl groups excluding tert-OH is 1. The second-order valence-electron chi connectivity index (χ2n) is 5.14. The molecule has 1 aliphatic carbocycles. The molecule has 1 heterocycles. The number of urea groups is 1. The maximum absolute atomic E-state index is 11.8. The molecule has 0 bridgehead atoms. The fourth-order valence-corrected chi connectivity index (χ4v) is 2.50. The molecule has 4 amide bonds. The minimum absolute atomic E-state index is 0.0121. The molecule has 0 aromatic heterocycles. The molecule has 1 saturated carbocycles. The highest BCUT2D eigenvalue weighted by Gasteiger charge is 2.35. The third-order valence-electron chi connectivity index (χ3n) is 3.61. The van der Waals surface area contributed by atoms with Gasteiger partial charge >= 0.3 is 6.03 Å². The van der Waals surface area contributed by atoms with Gasteiger partial charge in [0.2, 0.25) is 5.91 Å². The molecular formula is C12H19N3O4. The monoisotopic (exact) mass is 269 g/mol. The zero-order valence-corrected chi connectivity index (χ0v) is 11.0. The molecule has 7 nitrogen and oxygen atoms in total. The Balaban J connectivity index is 1.87. The summed E-state index contributed by atoms with van der Waals surface area (Å²) in [6.07, 6.45) is 2.79. The van der Waals surface area contributed by atoms with Crippen molar-refractivity contribution in [1.29, 1.82) is 0 Å². The predicted octanol–water partition coefficient (Wildman–Crippen LogP) is -0.700. The third kappa shape index (κ3) is 3.04. The average Bonchev–Trinajstić information content (AvgIpc) is 2.59. The molecule has 0 aromatic carbocycles. The Kier molecular flexibility index (Phi) is 4.04. The first kappa shape index (κ1) is 13.8. The van der Waals surface area contributed by atoms with Gasteiger partial charge in [0.1, 0.15) is 13.1 Å². The Morgan fingerprint density at radius 2 is 2.05 bits per heavy atom. The molecule has 19 heavy (non-hydrogen) atoms. The van der Waals surface area contributed by atoms with Gasteiger partial charge in [-0.3, -0.25) is 14.5 Å². The van der Waals surface area contributed by atoms with Crippen molar-refractivity contribution >= 4 is 17.8 Å². The molecule has 2 atom stereocenters. The molecule has 1 saturated heterocycles. The van der Waals surface area contributed by atoms with E-state index in [2.05, 4.69) is 5.32 Å².